The average Bonchev–Trinajstić information content (AvgIpc) is 3.25. The highest BCUT2D eigenvalue weighted by Gasteiger charge is 2.41. The fraction of sp³-hybridized carbons (Fsp3) is 0.750. The van der Waals surface area contributed by atoms with E-state index in [4.69, 9.17) is 9.72 Å². The summed E-state index contributed by atoms with van der Waals surface area (Å²) in [5, 5.41) is 3.24. The quantitative estimate of drug-likeness (QED) is 0.857. The third-order valence-electron chi connectivity index (χ3n) is 5.20. The molecule has 0 unspecified atom stereocenters. The van der Waals surface area contributed by atoms with Gasteiger partial charge in [0.1, 0.15) is 0 Å². The van der Waals surface area contributed by atoms with Crippen LogP contribution in [0, 0.1) is 5.41 Å². The number of nitrogens with zero attached hydrogens (tertiary/aromatic N) is 3. The minimum atomic E-state index is 0.210. The van der Waals surface area contributed by atoms with Crippen molar-refractivity contribution in [3.05, 3.63) is 11.1 Å². The SMILES string of the molecule is O=C1CC[C@@]2(CCOC2)CN1Cc1csc(N2CCCC2)n1. The van der Waals surface area contributed by atoms with Crippen molar-refractivity contribution < 1.29 is 9.53 Å². The maximum atomic E-state index is 12.3. The van der Waals surface area contributed by atoms with E-state index in [0.29, 0.717) is 13.0 Å². The lowest BCUT2D eigenvalue weighted by atomic mass is 9.79. The summed E-state index contributed by atoms with van der Waals surface area (Å²) in [7, 11) is 0. The first-order chi connectivity index (χ1) is 10.7. The first kappa shape index (κ1) is 14.5. The highest BCUT2D eigenvalue weighted by atomic mass is 32.1. The van der Waals surface area contributed by atoms with Gasteiger partial charge in [-0.1, -0.05) is 0 Å². The minimum Gasteiger partial charge on any atom is -0.381 e. The topological polar surface area (TPSA) is 45.7 Å². The van der Waals surface area contributed by atoms with Crippen LogP contribution in [0.3, 0.4) is 0 Å². The van der Waals surface area contributed by atoms with E-state index in [1.807, 2.05) is 4.90 Å². The minimum absolute atomic E-state index is 0.210. The Morgan fingerprint density at radius 1 is 1.32 bits per heavy atom. The molecule has 120 valence electrons. The van der Waals surface area contributed by atoms with Gasteiger partial charge in [-0.05, 0) is 25.7 Å². The molecule has 0 N–H and O–H groups in total. The van der Waals surface area contributed by atoms with E-state index >= 15 is 0 Å². The number of thiazole rings is 1. The summed E-state index contributed by atoms with van der Waals surface area (Å²) in [5.41, 5.74) is 1.25. The molecule has 1 spiro atoms. The maximum Gasteiger partial charge on any atom is 0.222 e. The normalized spacial score (nSPS) is 29.0. The first-order valence-corrected chi connectivity index (χ1v) is 9.17. The number of piperidine rings is 1. The van der Waals surface area contributed by atoms with Crippen molar-refractivity contribution in [2.75, 3.05) is 37.7 Å². The molecule has 3 aliphatic rings. The van der Waals surface area contributed by atoms with Crippen LogP contribution in [0.5, 0.6) is 0 Å². The predicted molar refractivity (Wildman–Crippen MR) is 86.1 cm³/mol. The Morgan fingerprint density at radius 2 is 2.18 bits per heavy atom. The monoisotopic (exact) mass is 321 g/mol. The molecule has 3 saturated heterocycles. The van der Waals surface area contributed by atoms with Gasteiger partial charge in [0.15, 0.2) is 5.13 Å². The Kier molecular flexibility index (Phi) is 3.82. The number of amides is 1. The van der Waals surface area contributed by atoms with Crippen LogP contribution in [0.1, 0.15) is 37.8 Å². The molecule has 0 bridgehead atoms. The molecule has 0 saturated carbocycles. The number of hydrogen-bond acceptors (Lipinski definition) is 5. The Labute approximate surface area is 135 Å². The Bertz CT molecular complexity index is 547. The van der Waals surface area contributed by atoms with Gasteiger partial charge in [0.2, 0.25) is 5.91 Å². The van der Waals surface area contributed by atoms with Gasteiger partial charge in [0.05, 0.1) is 18.8 Å². The number of anilines is 1. The van der Waals surface area contributed by atoms with Gasteiger partial charge in [0, 0.05) is 43.5 Å². The molecule has 3 fully saturated rings. The van der Waals surface area contributed by atoms with E-state index in [9.17, 15) is 4.79 Å². The van der Waals surface area contributed by atoms with Crippen LogP contribution < -0.4 is 4.90 Å². The van der Waals surface area contributed by atoms with Crippen LogP contribution in [0.4, 0.5) is 5.13 Å². The van der Waals surface area contributed by atoms with E-state index in [1.54, 1.807) is 11.3 Å². The summed E-state index contributed by atoms with van der Waals surface area (Å²) >= 11 is 1.71. The Balaban J connectivity index is 1.44. The number of likely N-dealkylation sites (tertiary alicyclic amines) is 1. The van der Waals surface area contributed by atoms with Gasteiger partial charge < -0.3 is 14.5 Å². The van der Waals surface area contributed by atoms with Gasteiger partial charge in [-0.25, -0.2) is 4.98 Å². The molecular weight excluding hydrogens is 298 g/mol. The van der Waals surface area contributed by atoms with Gasteiger partial charge in [-0.3, -0.25) is 4.79 Å². The zero-order valence-corrected chi connectivity index (χ0v) is 13.7. The van der Waals surface area contributed by atoms with E-state index in [-0.39, 0.29) is 11.3 Å². The van der Waals surface area contributed by atoms with Crippen LogP contribution >= 0.6 is 11.3 Å². The fourth-order valence-corrected chi connectivity index (χ4v) is 4.71. The molecule has 3 aliphatic heterocycles. The molecule has 1 amide bonds. The van der Waals surface area contributed by atoms with Crippen molar-refractivity contribution in [1.29, 1.82) is 0 Å². The van der Waals surface area contributed by atoms with E-state index < -0.39 is 0 Å². The Morgan fingerprint density at radius 3 is 2.95 bits per heavy atom. The number of carbonyl (C=O) groups is 1. The molecule has 4 heterocycles. The first-order valence-electron chi connectivity index (χ1n) is 8.29. The second kappa shape index (κ2) is 5.81. The summed E-state index contributed by atoms with van der Waals surface area (Å²) in [6.07, 6.45) is 5.27. The summed E-state index contributed by atoms with van der Waals surface area (Å²) in [4.78, 5) is 21.4. The number of aromatic nitrogens is 1. The van der Waals surface area contributed by atoms with Crippen LogP contribution in [-0.4, -0.2) is 48.6 Å². The third kappa shape index (κ3) is 2.74. The lowest BCUT2D eigenvalue weighted by Crippen LogP contribution is -2.46. The third-order valence-corrected chi connectivity index (χ3v) is 6.15. The highest BCUT2D eigenvalue weighted by molar-refractivity contribution is 7.13. The standard InChI is InChI=1S/C16H23N3O2S/c20-14-3-4-16(5-8-21-12-16)11-19(14)9-13-10-22-15(17-13)18-6-1-2-7-18/h10H,1-9,11-12H2/t16-/m1/s1. The Hall–Kier alpha value is -1.14. The van der Waals surface area contributed by atoms with E-state index in [0.717, 1.165) is 56.5 Å². The molecule has 0 aliphatic carbocycles. The molecule has 1 atom stereocenters. The van der Waals surface area contributed by atoms with Gasteiger partial charge >= 0.3 is 0 Å². The molecule has 1 aromatic rings. The molecule has 4 rings (SSSR count). The van der Waals surface area contributed by atoms with Crippen molar-refractivity contribution in [2.45, 2.75) is 38.6 Å². The average molecular weight is 321 g/mol. The number of hydrogen-bond donors (Lipinski definition) is 0. The summed E-state index contributed by atoms with van der Waals surface area (Å²) in [6.45, 7) is 5.39. The van der Waals surface area contributed by atoms with Gasteiger partial charge in [-0.2, -0.15) is 0 Å². The lowest BCUT2D eigenvalue weighted by molar-refractivity contribution is -0.138. The summed E-state index contributed by atoms with van der Waals surface area (Å²) in [5.74, 6) is 0.272. The maximum absolute atomic E-state index is 12.3. The zero-order valence-electron chi connectivity index (χ0n) is 12.9. The van der Waals surface area contributed by atoms with Crippen molar-refractivity contribution in [3.63, 3.8) is 0 Å². The highest BCUT2D eigenvalue weighted by Crippen LogP contribution is 2.38. The van der Waals surface area contributed by atoms with Crippen molar-refractivity contribution >= 4 is 22.4 Å². The molecule has 5 nitrogen and oxygen atoms in total. The lowest BCUT2D eigenvalue weighted by Gasteiger charge is -2.38. The summed E-state index contributed by atoms with van der Waals surface area (Å²) in [6, 6.07) is 0. The van der Waals surface area contributed by atoms with Crippen molar-refractivity contribution in [2.24, 2.45) is 5.41 Å². The smallest absolute Gasteiger partial charge is 0.222 e. The van der Waals surface area contributed by atoms with Gasteiger partial charge in [0.25, 0.3) is 0 Å². The molecular formula is C16H23N3O2S. The molecule has 0 radical (unpaired) electrons. The van der Waals surface area contributed by atoms with Crippen LogP contribution in [-0.2, 0) is 16.1 Å². The molecule has 22 heavy (non-hydrogen) atoms. The largest absolute Gasteiger partial charge is 0.381 e. The van der Waals surface area contributed by atoms with Crippen molar-refractivity contribution in [3.8, 4) is 0 Å². The molecule has 0 aromatic carbocycles. The van der Waals surface area contributed by atoms with Crippen molar-refractivity contribution in [1.82, 2.24) is 9.88 Å². The van der Waals surface area contributed by atoms with Crippen LogP contribution in [0.25, 0.3) is 0 Å². The van der Waals surface area contributed by atoms with Crippen LogP contribution in [0.2, 0.25) is 0 Å². The number of ether oxygens (including phenoxy) is 1. The molecule has 1 aromatic heterocycles. The van der Waals surface area contributed by atoms with E-state index in [2.05, 4.69) is 10.3 Å². The number of rotatable bonds is 3. The van der Waals surface area contributed by atoms with Crippen LogP contribution in [0.15, 0.2) is 5.38 Å². The number of carbonyl (C=O) groups excluding carboxylic acids is 1. The zero-order chi connectivity index (χ0) is 15.0. The molecule has 6 heteroatoms. The predicted octanol–water partition coefficient (Wildman–Crippen LogP) is 2.27. The summed E-state index contributed by atoms with van der Waals surface area (Å²) < 4.78 is 5.58. The second-order valence-electron chi connectivity index (χ2n) is 6.87. The fourth-order valence-electron chi connectivity index (χ4n) is 3.84. The van der Waals surface area contributed by atoms with Gasteiger partial charge in [-0.15, -0.1) is 11.3 Å². The second-order valence-corrected chi connectivity index (χ2v) is 7.70. The van der Waals surface area contributed by atoms with E-state index in [1.165, 1.54) is 12.8 Å².